The average molecular weight is 462 g/mol. The third-order valence-corrected chi connectivity index (χ3v) is 5.45. The Morgan fingerprint density at radius 3 is 2.61 bits per heavy atom. The second-order valence-corrected chi connectivity index (χ2v) is 8.59. The molecule has 0 aliphatic heterocycles. The first-order valence-electron chi connectivity index (χ1n) is 10.6. The molecular weight excluding hydrogens is 438 g/mol. The fraction of sp³-hybridized carbons (Fsp3) is 0.250. The minimum atomic E-state index is -0.247. The van der Waals surface area contributed by atoms with Crippen LogP contribution in [0.4, 0.5) is 0 Å². The Kier molecular flexibility index (Phi) is 6.46. The number of tetrazole rings is 1. The number of hydrogen-bond acceptors (Lipinski definition) is 6. The highest BCUT2D eigenvalue weighted by Crippen LogP contribution is 2.31. The zero-order valence-electron chi connectivity index (χ0n) is 18.9. The predicted molar refractivity (Wildman–Crippen MR) is 126 cm³/mol. The van der Waals surface area contributed by atoms with Gasteiger partial charge in [0, 0.05) is 28.3 Å². The molecule has 0 atom stereocenters. The summed E-state index contributed by atoms with van der Waals surface area (Å²) in [6.07, 6.45) is 3.32. The summed E-state index contributed by atoms with van der Waals surface area (Å²) in [6, 6.07) is 11.3. The summed E-state index contributed by atoms with van der Waals surface area (Å²) in [5.74, 6) is 0.551. The number of benzene rings is 2. The monoisotopic (exact) mass is 461 g/mol. The molecule has 0 fully saturated rings. The van der Waals surface area contributed by atoms with E-state index in [1.54, 1.807) is 23.1 Å². The van der Waals surface area contributed by atoms with Crippen molar-refractivity contribution in [1.82, 2.24) is 35.5 Å². The van der Waals surface area contributed by atoms with Crippen molar-refractivity contribution in [2.45, 2.75) is 40.2 Å². The Balaban J connectivity index is 1.74. The molecule has 0 unspecified atom stereocenters. The van der Waals surface area contributed by atoms with Crippen LogP contribution in [0.15, 0.2) is 48.8 Å². The smallest absolute Gasteiger partial charge is 0.251 e. The van der Waals surface area contributed by atoms with E-state index in [1.165, 1.54) is 0 Å². The van der Waals surface area contributed by atoms with Crippen LogP contribution < -0.4 is 5.32 Å². The lowest BCUT2D eigenvalue weighted by Gasteiger charge is -2.13. The van der Waals surface area contributed by atoms with Gasteiger partial charge in [0.05, 0.1) is 29.8 Å². The molecule has 8 nitrogen and oxygen atoms in total. The molecule has 168 valence electrons. The second-order valence-electron chi connectivity index (χ2n) is 8.19. The molecule has 2 heterocycles. The molecule has 0 saturated heterocycles. The van der Waals surface area contributed by atoms with E-state index in [4.69, 9.17) is 11.6 Å². The first-order valence-corrected chi connectivity index (χ1v) is 11.0. The molecule has 0 radical (unpaired) electrons. The van der Waals surface area contributed by atoms with Crippen molar-refractivity contribution < 1.29 is 4.79 Å². The van der Waals surface area contributed by atoms with Gasteiger partial charge >= 0.3 is 0 Å². The van der Waals surface area contributed by atoms with Gasteiger partial charge in [-0.15, -0.1) is 5.10 Å². The van der Waals surface area contributed by atoms with Gasteiger partial charge in [0.1, 0.15) is 0 Å². The van der Waals surface area contributed by atoms with Gasteiger partial charge in [-0.2, -0.15) is 4.68 Å². The molecule has 1 N–H and O–H groups in total. The van der Waals surface area contributed by atoms with Gasteiger partial charge in [0.25, 0.3) is 5.91 Å². The fourth-order valence-electron chi connectivity index (χ4n) is 3.40. The number of amides is 1. The van der Waals surface area contributed by atoms with E-state index in [1.807, 2.05) is 58.0 Å². The summed E-state index contributed by atoms with van der Waals surface area (Å²) in [5, 5.41) is 15.6. The number of aryl methyl sites for hydroxylation is 2. The Morgan fingerprint density at radius 2 is 1.91 bits per heavy atom. The van der Waals surface area contributed by atoms with Crippen LogP contribution in [0.3, 0.4) is 0 Å². The molecule has 1 amide bonds. The van der Waals surface area contributed by atoms with Crippen LogP contribution in [0.25, 0.3) is 16.8 Å². The first kappa shape index (κ1) is 22.5. The molecule has 0 aliphatic rings. The Bertz CT molecular complexity index is 1300. The average Bonchev–Trinajstić information content (AvgIpc) is 3.29. The summed E-state index contributed by atoms with van der Waals surface area (Å²) < 4.78 is 1.65. The largest absolute Gasteiger partial charge is 0.346 e. The Hall–Kier alpha value is -3.65. The van der Waals surface area contributed by atoms with E-state index in [0.29, 0.717) is 27.8 Å². The van der Waals surface area contributed by atoms with Crippen LogP contribution in [0.1, 0.15) is 52.9 Å². The Labute approximate surface area is 197 Å². The molecule has 33 heavy (non-hydrogen) atoms. The van der Waals surface area contributed by atoms with Crippen molar-refractivity contribution in [3.63, 3.8) is 0 Å². The Morgan fingerprint density at radius 1 is 1.09 bits per heavy atom. The minimum absolute atomic E-state index is 0.101. The number of carbonyl (C=O) groups is 1. The number of halogens is 1. The molecule has 0 saturated carbocycles. The fourth-order valence-corrected chi connectivity index (χ4v) is 3.74. The lowest BCUT2D eigenvalue weighted by Crippen LogP contribution is -2.23. The predicted octanol–water partition coefficient (Wildman–Crippen LogP) is 4.44. The van der Waals surface area contributed by atoms with Gasteiger partial charge in [0.15, 0.2) is 5.82 Å². The molecule has 0 aliphatic carbocycles. The van der Waals surface area contributed by atoms with Gasteiger partial charge in [-0.1, -0.05) is 37.6 Å². The van der Waals surface area contributed by atoms with Crippen molar-refractivity contribution in [1.29, 1.82) is 0 Å². The first-order chi connectivity index (χ1) is 15.8. The van der Waals surface area contributed by atoms with Crippen molar-refractivity contribution in [2.24, 2.45) is 0 Å². The van der Waals surface area contributed by atoms with Crippen LogP contribution >= 0.6 is 11.6 Å². The number of nitrogens with one attached hydrogen (secondary N) is 1. The third kappa shape index (κ3) is 5.06. The SMILES string of the molecule is Cc1ccc(-c2cc(C(=O)NCc3cnc(C)cn3)cc(-n3nnnc3C(C)C)c2)c(Cl)c1. The van der Waals surface area contributed by atoms with Crippen molar-refractivity contribution in [2.75, 3.05) is 0 Å². The minimum Gasteiger partial charge on any atom is -0.346 e. The summed E-state index contributed by atoms with van der Waals surface area (Å²) in [6.45, 7) is 8.13. The lowest BCUT2D eigenvalue weighted by atomic mass is 10.00. The maximum absolute atomic E-state index is 13.1. The topological polar surface area (TPSA) is 98.5 Å². The van der Waals surface area contributed by atoms with Crippen molar-refractivity contribution in [3.8, 4) is 16.8 Å². The molecular formula is C24H24ClN7O. The zero-order chi connectivity index (χ0) is 23.5. The van der Waals surface area contributed by atoms with Gasteiger partial charge in [-0.3, -0.25) is 14.8 Å². The molecule has 4 rings (SSSR count). The maximum Gasteiger partial charge on any atom is 0.251 e. The van der Waals surface area contributed by atoms with E-state index in [-0.39, 0.29) is 18.4 Å². The molecule has 2 aromatic carbocycles. The van der Waals surface area contributed by atoms with Gasteiger partial charge < -0.3 is 5.32 Å². The van der Waals surface area contributed by atoms with Gasteiger partial charge in [-0.05, 0) is 59.7 Å². The van der Waals surface area contributed by atoms with Crippen LogP contribution in [0.2, 0.25) is 5.02 Å². The van der Waals surface area contributed by atoms with Crippen LogP contribution in [0, 0.1) is 13.8 Å². The van der Waals surface area contributed by atoms with E-state index >= 15 is 0 Å². The number of nitrogens with zero attached hydrogens (tertiary/aromatic N) is 6. The molecule has 0 bridgehead atoms. The number of hydrogen-bond donors (Lipinski definition) is 1. The van der Waals surface area contributed by atoms with Crippen LogP contribution in [-0.4, -0.2) is 36.1 Å². The molecule has 9 heteroatoms. The van der Waals surface area contributed by atoms with E-state index < -0.39 is 0 Å². The van der Waals surface area contributed by atoms with Crippen LogP contribution in [0.5, 0.6) is 0 Å². The summed E-state index contributed by atoms with van der Waals surface area (Å²) in [5.41, 5.74) is 5.31. The van der Waals surface area contributed by atoms with Crippen molar-refractivity contribution >= 4 is 17.5 Å². The number of aromatic nitrogens is 6. The molecule has 0 spiro atoms. The third-order valence-electron chi connectivity index (χ3n) is 5.13. The van der Waals surface area contributed by atoms with E-state index in [0.717, 1.165) is 22.4 Å². The highest BCUT2D eigenvalue weighted by Gasteiger charge is 2.17. The maximum atomic E-state index is 13.1. The zero-order valence-corrected chi connectivity index (χ0v) is 19.6. The summed E-state index contributed by atoms with van der Waals surface area (Å²) in [4.78, 5) is 21.6. The highest BCUT2D eigenvalue weighted by atomic mass is 35.5. The quantitative estimate of drug-likeness (QED) is 0.455. The van der Waals surface area contributed by atoms with Crippen LogP contribution in [-0.2, 0) is 6.54 Å². The number of carbonyl (C=O) groups excluding carboxylic acids is 1. The normalized spacial score (nSPS) is 11.1. The highest BCUT2D eigenvalue weighted by molar-refractivity contribution is 6.33. The number of rotatable bonds is 6. The van der Waals surface area contributed by atoms with Crippen molar-refractivity contribution in [3.05, 3.63) is 82.2 Å². The molecule has 4 aromatic rings. The van der Waals surface area contributed by atoms with Gasteiger partial charge in [-0.25, -0.2) is 0 Å². The van der Waals surface area contributed by atoms with E-state index in [9.17, 15) is 4.79 Å². The summed E-state index contributed by atoms with van der Waals surface area (Å²) >= 11 is 6.55. The summed E-state index contributed by atoms with van der Waals surface area (Å²) in [7, 11) is 0. The molecule has 2 aromatic heterocycles. The van der Waals surface area contributed by atoms with Gasteiger partial charge in [0.2, 0.25) is 0 Å². The second kappa shape index (κ2) is 9.46. The standard InChI is InChI=1S/C24H24ClN7O/c1-14(2)23-29-30-31-32(23)20-9-17(21-6-5-15(3)7-22(21)25)8-18(10-20)24(33)28-13-19-12-26-16(4)11-27-19/h5-12,14H,13H2,1-4H3,(H,28,33). The van der Waals surface area contributed by atoms with E-state index in [2.05, 4.69) is 30.8 Å². The lowest BCUT2D eigenvalue weighted by molar-refractivity contribution is 0.0950.